The second-order valence-electron chi connectivity index (χ2n) is 5.93. The normalized spacial score (nSPS) is 13.7. The Hall–Kier alpha value is -2.48. The number of likely N-dealkylation sites (tertiary alicyclic amines) is 1. The summed E-state index contributed by atoms with van der Waals surface area (Å²) in [6, 6.07) is 5.66. The van der Waals surface area contributed by atoms with Gasteiger partial charge in [-0.05, 0) is 44.0 Å². The largest absolute Gasteiger partial charge is 0.486 e. The van der Waals surface area contributed by atoms with Crippen molar-refractivity contribution in [3.63, 3.8) is 0 Å². The number of carbonyl (C=O) groups excluding carboxylic acids is 2. The number of amides is 1. The zero-order valence-corrected chi connectivity index (χ0v) is 15.2. The summed E-state index contributed by atoms with van der Waals surface area (Å²) in [5, 5.41) is 0.602. The predicted octanol–water partition coefficient (Wildman–Crippen LogP) is 2.95. The molecule has 1 aromatic carbocycles. The Labute approximate surface area is 154 Å². The molecule has 1 saturated heterocycles. The summed E-state index contributed by atoms with van der Waals surface area (Å²) >= 11 is 1.16. The van der Waals surface area contributed by atoms with E-state index in [0.29, 0.717) is 21.3 Å². The lowest BCUT2D eigenvalue weighted by Crippen LogP contribution is -2.32. The highest BCUT2D eigenvalue weighted by atomic mass is 32.1. The van der Waals surface area contributed by atoms with Gasteiger partial charge in [0.05, 0.1) is 5.69 Å². The molecule has 1 aliphatic heterocycles. The van der Waals surface area contributed by atoms with Crippen LogP contribution in [0.3, 0.4) is 0 Å². The van der Waals surface area contributed by atoms with Crippen LogP contribution in [0.2, 0.25) is 0 Å². The lowest BCUT2D eigenvalue weighted by atomic mass is 10.3. The molecule has 138 valence electrons. The quantitative estimate of drug-likeness (QED) is 0.723. The van der Waals surface area contributed by atoms with Crippen LogP contribution in [0.5, 0.6) is 5.75 Å². The van der Waals surface area contributed by atoms with Crippen molar-refractivity contribution in [1.29, 1.82) is 0 Å². The molecule has 26 heavy (non-hydrogen) atoms. The number of rotatable bonds is 6. The highest BCUT2D eigenvalue weighted by molar-refractivity contribution is 7.13. The van der Waals surface area contributed by atoms with Gasteiger partial charge in [-0.3, -0.25) is 4.79 Å². The van der Waals surface area contributed by atoms with Crippen LogP contribution in [0.25, 0.3) is 0 Å². The van der Waals surface area contributed by atoms with E-state index >= 15 is 0 Å². The van der Waals surface area contributed by atoms with Crippen molar-refractivity contribution in [1.82, 2.24) is 9.88 Å². The Morgan fingerprint density at radius 3 is 2.62 bits per heavy atom. The zero-order valence-electron chi connectivity index (χ0n) is 14.4. The van der Waals surface area contributed by atoms with Crippen LogP contribution in [0, 0.1) is 12.7 Å². The van der Waals surface area contributed by atoms with Gasteiger partial charge in [-0.15, -0.1) is 11.3 Å². The predicted molar refractivity (Wildman–Crippen MR) is 93.7 cm³/mol. The molecule has 0 N–H and O–H groups in total. The van der Waals surface area contributed by atoms with E-state index in [4.69, 9.17) is 9.47 Å². The Morgan fingerprint density at radius 1 is 1.23 bits per heavy atom. The lowest BCUT2D eigenvalue weighted by Gasteiger charge is -2.14. The first kappa shape index (κ1) is 18.3. The van der Waals surface area contributed by atoms with Crippen molar-refractivity contribution in [2.45, 2.75) is 26.4 Å². The van der Waals surface area contributed by atoms with Gasteiger partial charge in [0.15, 0.2) is 6.61 Å². The van der Waals surface area contributed by atoms with Gasteiger partial charge in [0.25, 0.3) is 5.91 Å². The molecule has 0 radical (unpaired) electrons. The van der Waals surface area contributed by atoms with Gasteiger partial charge < -0.3 is 14.4 Å². The van der Waals surface area contributed by atoms with E-state index < -0.39 is 5.97 Å². The molecular formula is C18H19FN2O4S. The first-order valence-corrected chi connectivity index (χ1v) is 9.14. The monoisotopic (exact) mass is 378 g/mol. The van der Waals surface area contributed by atoms with Crippen LogP contribution in [-0.2, 0) is 16.1 Å². The summed E-state index contributed by atoms with van der Waals surface area (Å²) in [7, 11) is 0. The highest BCUT2D eigenvalue weighted by Gasteiger charge is 2.22. The van der Waals surface area contributed by atoms with Gasteiger partial charge in [0.1, 0.15) is 28.1 Å². The molecule has 2 heterocycles. The summed E-state index contributed by atoms with van der Waals surface area (Å²) in [5.74, 6) is -0.547. The molecule has 0 aliphatic carbocycles. The molecule has 1 aromatic heterocycles. The van der Waals surface area contributed by atoms with E-state index in [1.54, 1.807) is 11.8 Å². The van der Waals surface area contributed by atoms with Crippen LogP contribution < -0.4 is 4.74 Å². The Kier molecular flexibility index (Phi) is 5.82. The minimum absolute atomic E-state index is 0.164. The minimum Gasteiger partial charge on any atom is -0.486 e. The number of nitrogens with zero attached hydrogens (tertiary/aromatic N) is 2. The second kappa shape index (κ2) is 8.27. The van der Waals surface area contributed by atoms with Gasteiger partial charge >= 0.3 is 5.97 Å². The van der Waals surface area contributed by atoms with E-state index in [1.807, 2.05) is 0 Å². The van der Waals surface area contributed by atoms with Gasteiger partial charge in [-0.1, -0.05) is 0 Å². The lowest BCUT2D eigenvalue weighted by molar-refractivity contribution is -0.133. The summed E-state index contributed by atoms with van der Waals surface area (Å²) in [4.78, 5) is 30.5. The number of carbonyl (C=O) groups is 2. The van der Waals surface area contributed by atoms with Crippen molar-refractivity contribution < 1.29 is 23.5 Å². The van der Waals surface area contributed by atoms with E-state index in [2.05, 4.69) is 4.98 Å². The van der Waals surface area contributed by atoms with E-state index in [1.165, 1.54) is 24.3 Å². The molecule has 1 amide bonds. The average Bonchev–Trinajstić information content (AvgIpc) is 3.29. The number of thiazole rings is 1. The Bertz CT molecular complexity index is 785. The van der Waals surface area contributed by atoms with Crippen LogP contribution in [0.1, 0.15) is 33.2 Å². The third-order valence-electron chi connectivity index (χ3n) is 3.99. The Balaban J connectivity index is 1.53. The van der Waals surface area contributed by atoms with Crippen LogP contribution in [0.15, 0.2) is 24.3 Å². The van der Waals surface area contributed by atoms with Crippen molar-refractivity contribution in [2.24, 2.45) is 0 Å². The molecule has 0 bridgehead atoms. The third-order valence-corrected chi connectivity index (χ3v) is 5.10. The second-order valence-corrected chi connectivity index (χ2v) is 7.01. The number of hydrogen-bond acceptors (Lipinski definition) is 6. The standard InChI is InChI=1S/C18H19FN2O4S/c1-12-17(18(23)25-11-16(22)21-8-2-3-9-21)26-15(20-12)10-24-14-6-4-13(19)5-7-14/h4-7H,2-3,8-11H2,1H3. The maximum absolute atomic E-state index is 12.9. The van der Waals surface area contributed by atoms with Crippen molar-refractivity contribution in [3.8, 4) is 5.75 Å². The van der Waals surface area contributed by atoms with Crippen molar-refractivity contribution >= 4 is 23.2 Å². The number of aryl methyl sites for hydroxylation is 1. The van der Waals surface area contributed by atoms with E-state index in [-0.39, 0.29) is 24.9 Å². The minimum atomic E-state index is -0.555. The highest BCUT2D eigenvalue weighted by Crippen LogP contribution is 2.21. The molecule has 1 fully saturated rings. The molecule has 3 rings (SSSR count). The first-order valence-electron chi connectivity index (χ1n) is 8.32. The molecule has 1 aliphatic rings. The molecule has 0 saturated carbocycles. The fraction of sp³-hybridized carbons (Fsp3) is 0.389. The van der Waals surface area contributed by atoms with Crippen molar-refractivity contribution in [3.05, 3.63) is 45.7 Å². The number of esters is 1. The van der Waals surface area contributed by atoms with Gasteiger partial charge in [-0.25, -0.2) is 14.2 Å². The molecule has 0 spiro atoms. The SMILES string of the molecule is Cc1nc(COc2ccc(F)cc2)sc1C(=O)OCC(=O)N1CCCC1. The van der Waals surface area contributed by atoms with Crippen LogP contribution in [0.4, 0.5) is 4.39 Å². The van der Waals surface area contributed by atoms with Crippen LogP contribution in [-0.4, -0.2) is 41.5 Å². The Morgan fingerprint density at radius 2 is 1.92 bits per heavy atom. The fourth-order valence-corrected chi connectivity index (χ4v) is 3.50. The summed E-state index contributed by atoms with van der Waals surface area (Å²) in [6.07, 6.45) is 1.98. The molecule has 2 aromatic rings. The summed E-state index contributed by atoms with van der Waals surface area (Å²) < 4.78 is 23.5. The molecular weight excluding hydrogens is 359 g/mol. The summed E-state index contributed by atoms with van der Waals surface area (Å²) in [5.41, 5.74) is 0.534. The maximum atomic E-state index is 12.9. The summed E-state index contributed by atoms with van der Waals surface area (Å²) in [6.45, 7) is 3.06. The smallest absolute Gasteiger partial charge is 0.350 e. The van der Waals surface area contributed by atoms with Gasteiger partial charge in [-0.2, -0.15) is 0 Å². The number of hydrogen-bond donors (Lipinski definition) is 0. The fourth-order valence-electron chi connectivity index (χ4n) is 2.63. The van der Waals surface area contributed by atoms with Gasteiger partial charge in [0, 0.05) is 13.1 Å². The molecule has 6 nitrogen and oxygen atoms in total. The molecule has 0 atom stereocenters. The third kappa shape index (κ3) is 4.57. The topological polar surface area (TPSA) is 68.7 Å². The van der Waals surface area contributed by atoms with E-state index in [0.717, 1.165) is 37.3 Å². The number of aromatic nitrogens is 1. The zero-order chi connectivity index (χ0) is 18.5. The maximum Gasteiger partial charge on any atom is 0.350 e. The first-order chi connectivity index (χ1) is 12.5. The van der Waals surface area contributed by atoms with Crippen LogP contribution >= 0.6 is 11.3 Å². The van der Waals surface area contributed by atoms with Crippen molar-refractivity contribution in [2.75, 3.05) is 19.7 Å². The molecule has 8 heteroatoms. The number of benzene rings is 1. The molecule has 0 unspecified atom stereocenters. The number of ether oxygens (including phenoxy) is 2. The van der Waals surface area contributed by atoms with E-state index in [9.17, 15) is 14.0 Å². The van der Waals surface area contributed by atoms with Gasteiger partial charge in [0.2, 0.25) is 0 Å². The number of halogens is 1. The average molecular weight is 378 g/mol.